The van der Waals surface area contributed by atoms with Gasteiger partial charge in [0.05, 0.1) is 6.10 Å². The second kappa shape index (κ2) is 6.59. The lowest BCUT2D eigenvalue weighted by Gasteiger charge is -2.33. The molecule has 2 rings (SSSR count). The molecule has 0 saturated carbocycles. The zero-order valence-corrected chi connectivity index (χ0v) is 14.3. The van der Waals surface area contributed by atoms with Crippen LogP contribution in [0.25, 0.3) is 0 Å². The average molecular weight is 328 g/mol. The van der Waals surface area contributed by atoms with Crippen LogP contribution >= 0.6 is 6.89 Å². The van der Waals surface area contributed by atoms with Crippen molar-refractivity contribution in [1.82, 2.24) is 10.2 Å². The number of aliphatic hydroxyl groups is 1. The molecule has 0 aromatic rings. The topological polar surface area (TPSA) is 71.0 Å². The molecule has 1 amide bonds. The number of amides is 1. The Morgan fingerprint density at radius 3 is 2.77 bits per heavy atom. The van der Waals surface area contributed by atoms with Crippen LogP contribution in [0.3, 0.4) is 0 Å². The van der Waals surface area contributed by atoms with Gasteiger partial charge < -0.3 is 24.8 Å². The number of carbonyl (C=O) groups excluding carboxylic acids is 1. The molecule has 0 aromatic carbocycles. The minimum atomic E-state index is -1.18. The Balaban J connectivity index is 2.11. The molecule has 1 saturated heterocycles. The lowest BCUT2D eigenvalue weighted by atomic mass is 10.1. The Bertz CT molecular complexity index is 528. The van der Waals surface area contributed by atoms with Crippen LogP contribution in [0.5, 0.6) is 0 Å². The summed E-state index contributed by atoms with van der Waals surface area (Å²) in [7, 11) is 1.54. The van der Waals surface area contributed by atoms with Gasteiger partial charge in [-0.05, 0) is 25.9 Å². The quantitative estimate of drug-likeness (QED) is 0.724. The smallest absolute Gasteiger partial charge is 0.250 e. The van der Waals surface area contributed by atoms with Gasteiger partial charge in [0.25, 0.3) is 5.91 Å². The Hall–Kier alpha value is -1.07. The fourth-order valence-corrected chi connectivity index (χ4v) is 3.59. The second-order valence-electron chi connectivity index (χ2n) is 6.36. The van der Waals surface area contributed by atoms with Crippen molar-refractivity contribution in [2.24, 2.45) is 0 Å². The van der Waals surface area contributed by atoms with E-state index in [4.69, 9.17) is 9.47 Å². The fraction of sp³-hybridized carbons (Fsp3) is 0.600. The molecule has 0 aromatic heterocycles. The molecule has 0 spiro atoms. The van der Waals surface area contributed by atoms with Crippen LogP contribution in [0.15, 0.2) is 24.7 Å². The maximum atomic E-state index is 11.3. The molecule has 2 aliphatic rings. The Labute approximate surface area is 131 Å². The number of hydrogen-bond donors (Lipinski definition) is 2. The van der Waals surface area contributed by atoms with Crippen LogP contribution in [0.1, 0.15) is 6.42 Å². The third-order valence-electron chi connectivity index (χ3n) is 3.84. The van der Waals surface area contributed by atoms with Crippen molar-refractivity contribution in [2.75, 3.05) is 26.6 Å². The van der Waals surface area contributed by atoms with Gasteiger partial charge in [0, 0.05) is 19.4 Å². The van der Waals surface area contributed by atoms with Gasteiger partial charge in [0.1, 0.15) is 18.0 Å². The van der Waals surface area contributed by atoms with Gasteiger partial charge in [0.2, 0.25) is 0 Å². The van der Waals surface area contributed by atoms with Crippen molar-refractivity contribution in [1.29, 1.82) is 0 Å². The van der Waals surface area contributed by atoms with Crippen molar-refractivity contribution < 1.29 is 19.4 Å². The van der Waals surface area contributed by atoms with E-state index in [0.717, 1.165) is 12.6 Å². The number of carbonyl (C=O) groups is 1. The lowest BCUT2D eigenvalue weighted by molar-refractivity contribution is -0.118. The van der Waals surface area contributed by atoms with Crippen LogP contribution in [-0.4, -0.2) is 73.4 Å². The van der Waals surface area contributed by atoms with Gasteiger partial charge in [-0.15, -0.1) is 13.2 Å². The molecule has 4 atom stereocenters. The van der Waals surface area contributed by atoms with Gasteiger partial charge in [-0.3, -0.25) is 4.79 Å². The number of methoxy groups -OCH3 is 1. The Morgan fingerprint density at radius 2 is 2.23 bits per heavy atom. The van der Waals surface area contributed by atoms with Gasteiger partial charge >= 0.3 is 0 Å². The monoisotopic (exact) mass is 328 g/mol. The highest BCUT2D eigenvalue weighted by molar-refractivity contribution is 7.72. The first-order chi connectivity index (χ1) is 10.2. The Kier molecular flexibility index (Phi) is 5.17. The summed E-state index contributed by atoms with van der Waals surface area (Å²) in [6.45, 7) is 6.95. The summed E-state index contributed by atoms with van der Waals surface area (Å²) in [5, 5.41) is 13.1. The number of aliphatic hydroxyl groups excluding tert-OH is 1. The minimum absolute atomic E-state index is 0.228. The van der Waals surface area contributed by atoms with Gasteiger partial charge in [-0.1, -0.05) is 6.58 Å². The molecule has 1 fully saturated rings. The van der Waals surface area contributed by atoms with E-state index in [9.17, 15) is 9.90 Å². The molecule has 6 nitrogen and oxygen atoms in total. The van der Waals surface area contributed by atoms with Crippen molar-refractivity contribution in [3.63, 3.8) is 0 Å². The maximum Gasteiger partial charge on any atom is 0.250 e. The fourth-order valence-electron chi connectivity index (χ4n) is 2.64. The molecule has 2 N–H and O–H groups in total. The molecule has 22 heavy (non-hydrogen) atoms. The standard InChI is InChI=1S/C15H25N2O4P/c1-10-16-12(18)6-8-17(10)15-14(20-2)13(19)11(21-15)7-9-22(3,4)5/h6,8,11,13-15,19H,1,3,7,9H2,2,4-5H3,(H,16,18)/t11-,13-,14-,15?/m1/s1. The molecule has 0 bridgehead atoms. The predicted octanol–water partition coefficient (Wildman–Crippen LogP) is 0.603. The first-order valence-corrected chi connectivity index (χ1v) is 10.3. The first kappa shape index (κ1) is 17.3. The molecule has 124 valence electrons. The lowest BCUT2D eigenvalue weighted by Crippen LogP contribution is -2.47. The Morgan fingerprint density at radius 1 is 1.55 bits per heavy atom. The number of rotatable bonds is 5. The highest BCUT2D eigenvalue weighted by atomic mass is 31.2. The van der Waals surface area contributed by atoms with E-state index >= 15 is 0 Å². The zero-order chi connectivity index (χ0) is 16.5. The molecular formula is C15H25N2O4P. The molecule has 2 aliphatic heterocycles. The highest BCUT2D eigenvalue weighted by Crippen LogP contribution is 2.39. The number of ether oxygens (including phenoxy) is 2. The van der Waals surface area contributed by atoms with E-state index in [-0.39, 0.29) is 12.0 Å². The molecule has 0 aliphatic carbocycles. The molecule has 2 heterocycles. The molecule has 0 radical (unpaired) electrons. The van der Waals surface area contributed by atoms with E-state index < -0.39 is 25.3 Å². The number of nitrogens with zero attached hydrogens (tertiary/aromatic N) is 1. The van der Waals surface area contributed by atoms with E-state index in [2.05, 4.69) is 31.5 Å². The van der Waals surface area contributed by atoms with E-state index in [0.29, 0.717) is 5.82 Å². The first-order valence-electron chi connectivity index (χ1n) is 7.23. The third-order valence-corrected chi connectivity index (χ3v) is 5.31. The van der Waals surface area contributed by atoms with Gasteiger partial charge in [0.15, 0.2) is 6.23 Å². The average Bonchev–Trinajstić information content (AvgIpc) is 2.72. The summed E-state index contributed by atoms with van der Waals surface area (Å²) in [5.41, 5.74) is 0. The van der Waals surface area contributed by atoms with Crippen LogP contribution < -0.4 is 5.32 Å². The van der Waals surface area contributed by atoms with E-state index in [1.165, 1.54) is 6.08 Å². The van der Waals surface area contributed by atoms with Crippen LogP contribution in [0.4, 0.5) is 0 Å². The largest absolute Gasteiger partial charge is 0.388 e. The van der Waals surface area contributed by atoms with Gasteiger partial charge in [-0.2, -0.15) is 0 Å². The van der Waals surface area contributed by atoms with E-state index in [1.54, 1.807) is 18.2 Å². The normalized spacial score (nSPS) is 32.5. The van der Waals surface area contributed by atoms with Crippen LogP contribution in [-0.2, 0) is 14.3 Å². The molecular weight excluding hydrogens is 303 g/mol. The summed E-state index contributed by atoms with van der Waals surface area (Å²) >= 11 is 0. The summed E-state index contributed by atoms with van der Waals surface area (Å²) < 4.78 is 11.4. The SMILES string of the molecule is C=C1NC(=O)C=CN1C1O[C@H](CCP(=C)(C)C)[C@@H](O)[C@H]1OC. The van der Waals surface area contributed by atoms with E-state index in [1.807, 2.05) is 0 Å². The predicted molar refractivity (Wildman–Crippen MR) is 89.1 cm³/mol. The van der Waals surface area contributed by atoms with Crippen molar-refractivity contribution in [2.45, 2.75) is 31.0 Å². The highest BCUT2D eigenvalue weighted by Gasteiger charge is 2.47. The van der Waals surface area contributed by atoms with Crippen molar-refractivity contribution >= 4 is 19.1 Å². The maximum absolute atomic E-state index is 11.3. The number of nitrogens with one attached hydrogen (secondary N) is 1. The third kappa shape index (κ3) is 3.82. The minimum Gasteiger partial charge on any atom is -0.388 e. The summed E-state index contributed by atoms with van der Waals surface area (Å²) in [6.07, 6.45) is 6.80. The second-order valence-corrected chi connectivity index (χ2v) is 10.7. The van der Waals surface area contributed by atoms with Crippen LogP contribution in [0, 0.1) is 0 Å². The number of hydrogen-bond acceptors (Lipinski definition) is 5. The summed E-state index contributed by atoms with van der Waals surface area (Å²) in [4.78, 5) is 13.0. The summed E-state index contributed by atoms with van der Waals surface area (Å²) in [6, 6.07) is 0. The summed E-state index contributed by atoms with van der Waals surface area (Å²) in [5.74, 6) is 0.186. The zero-order valence-electron chi connectivity index (χ0n) is 13.4. The molecule has 7 heteroatoms. The molecule has 1 unspecified atom stereocenters. The van der Waals surface area contributed by atoms with Crippen molar-refractivity contribution in [3.8, 4) is 0 Å². The van der Waals surface area contributed by atoms with Crippen LogP contribution in [0.2, 0.25) is 0 Å². The van der Waals surface area contributed by atoms with Crippen molar-refractivity contribution in [3.05, 3.63) is 24.7 Å². The van der Waals surface area contributed by atoms with Gasteiger partial charge in [-0.25, -0.2) is 0 Å².